The van der Waals surface area contributed by atoms with Crippen molar-refractivity contribution >= 4 is 5.97 Å². The minimum atomic E-state index is -0.805. The van der Waals surface area contributed by atoms with Gasteiger partial charge in [0.15, 0.2) is 0 Å². The number of carboxylic acid groups (broad SMARTS) is 1. The van der Waals surface area contributed by atoms with Gasteiger partial charge in [-0.2, -0.15) is 0 Å². The SMILES string of the molecule is Cc1nnc(CN2CCC(OCCC(=O)O)CC2)n1C. The third-order valence-corrected chi connectivity index (χ3v) is 3.75. The number of likely N-dealkylation sites (tertiary alicyclic amines) is 1. The molecule has 20 heavy (non-hydrogen) atoms. The Morgan fingerprint density at radius 2 is 2.10 bits per heavy atom. The topological polar surface area (TPSA) is 80.5 Å². The number of piperidine rings is 1. The summed E-state index contributed by atoms with van der Waals surface area (Å²) in [5.74, 6) is 1.10. The number of aromatic nitrogens is 3. The fraction of sp³-hybridized carbons (Fsp3) is 0.769. The van der Waals surface area contributed by atoms with E-state index in [9.17, 15) is 4.79 Å². The van der Waals surface area contributed by atoms with Gasteiger partial charge in [-0.3, -0.25) is 9.69 Å². The molecule has 0 unspecified atom stereocenters. The minimum absolute atomic E-state index is 0.0818. The molecule has 0 amide bonds. The standard InChI is InChI=1S/C13H22N4O3/c1-10-14-15-12(16(10)2)9-17-6-3-11(4-7-17)20-8-5-13(18)19/h11H,3-9H2,1-2H3,(H,18,19). The third-order valence-electron chi connectivity index (χ3n) is 3.75. The van der Waals surface area contributed by atoms with Crippen molar-refractivity contribution in [2.75, 3.05) is 19.7 Å². The fourth-order valence-corrected chi connectivity index (χ4v) is 2.34. The lowest BCUT2D eigenvalue weighted by Gasteiger charge is -2.31. The van der Waals surface area contributed by atoms with E-state index < -0.39 is 5.97 Å². The van der Waals surface area contributed by atoms with E-state index in [1.807, 2.05) is 18.5 Å². The average Bonchev–Trinajstić information content (AvgIpc) is 2.72. The van der Waals surface area contributed by atoms with Gasteiger partial charge in [0.25, 0.3) is 0 Å². The van der Waals surface area contributed by atoms with Crippen LogP contribution < -0.4 is 0 Å². The van der Waals surface area contributed by atoms with Crippen LogP contribution in [-0.2, 0) is 23.1 Å². The van der Waals surface area contributed by atoms with Gasteiger partial charge in [0, 0.05) is 20.1 Å². The van der Waals surface area contributed by atoms with Gasteiger partial charge >= 0.3 is 5.97 Å². The maximum atomic E-state index is 10.4. The molecule has 0 aromatic carbocycles. The van der Waals surface area contributed by atoms with Gasteiger partial charge in [-0.05, 0) is 19.8 Å². The number of carbonyl (C=O) groups is 1. The summed E-state index contributed by atoms with van der Waals surface area (Å²) in [6.45, 7) is 4.95. The first-order valence-electron chi connectivity index (χ1n) is 6.97. The average molecular weight is 282 g/mol. The van der Waals surface area contributed by atoms with Gasteiger partial charge in [0.05, 0.1) is 25.7 Å². The van der Waals surface area contributed by atoms with E-state index in [-0.39, 0.29) is 12.5 Å². The highest BCUT2D eigenvalue weighted by atomic mass is 16.5. The zero-order chi connectivity index (χ0) is 14.5. The second kappa shape index (κ2) is 6.81. The van der Waals surface area contributed by atoms with Crippen LogP contribution in [0.5, 0.6) is 0 Å². The predicted molar refractivity (Wildman–Crippen MR) is 72.2 cm³/mol. The van der Waals surface area contributed by atoms with Crippen molar-refractivity contribution < 1.29 is 14.6 Å². The molecule has 0 aliphatic carbocycles. The molecule has 0 saturated carbocycles. The molecule has 2 rings (SSSR count). The number of aryl methyl sites for hydroxylation is 1. The Balaban J connectivity index is 1.71. The van der Waals surface area contributed by atoms with Gasteiger partial charge in [-0.15, -0.1) is 10.2 Å². The van der Waals surface area contributed by atoms with Crippen molar-refractivity contribution in [1.29, 1.82) is 0 Å². The van der Waals surface area contributed by atoms with Crippen LogP contribution in [0.25, 0.3) is 0 Å². The Labute approximate surface area is 118 Å². The maximum Gasteiger partial charge on any atom is 0.305 e. The Bertz CT molecular complexity index is 452. The molecule has 7 heteroatoms. The van der Waals surface area contributed by atoms with Gasteiger partial charge in [0.2, 0.25) is 0 Å². The molecule has 1 aliphatic heterocycles. The molecule has 1 fully saturated rings. The van der Waals surface area contributed by atoms with Crippen molar-refractivity contribution in [2.45, 2.75) is 38.8 Å². The first-order valence-corrected chi connectivity index (χ1v) is 6.97. The summed E-state index contributed by atoms with van der Waals surface area (Å²) in [5, 5.41) is 16.8. The molecular formula is C13H22N4O3. The second-order valence-electron chi connectivity index (χ2n) is 5.21. The van der Waals surface area contributed by atoms with Crippen LogP contribution in [0.3, 0.4) is 0 Å². The zero-order valence-corrected chi connectivity index (χ0v) is 12.1. The summed E-state index contributed by atoms with van der Waals surface area (Å²) in [5.41, 5.74) is 0. The lowest BCUT2D eigenvalue weighted by atomic mass is 10.1. The smallest absolute Gasteiger partial charge is 0.305 e. The van der Waals surface area contributed by atoms with Crippen LogP contribution in [0.1, 0.15) is 30.9 Å². The number of aliphatic carboxylic acids is 1. The van der Waals surface area contributed by atoms with Crippen molar-refractivity contribution in [3.8, 4) is 0 Å². The number of hydrogen-bond donors (Lipinski definition) is 1. The summed E-state index contributed by atoms with van der Waals surface area (Å²) in [7, 11) is 1.98. The molecule has 0 atom stereocenters. The lowest BCUT2D eigenvalue weighted by molar-refractivity contribution is -0.138. The molecule has 1 N–H and O–H groups in total. The van der Waals surface area contributed by atoms with E-state index in [0.29, 0.717) is 6.61 Å². The highest BCUT2D eigenvalue weighted by Gasteiger charge is 2.21. The highest BCUT2D eigenvalue weighted by Crippen LogP contribution is 2.16. The normalized spacial score (nSPS) is 17.5. The molecule has 7 nitrogen and oxygen atoms in total. The Kier molecular flexibility index (Phi) is 5.08. The largest absolute Gasteiger partial charge is 0.481 e. The van der Waals surface area contributed by atoms with Gasteiger partial charge < -0.3 is 14.4 Å². The maximum absolute atomic E-state index is 10.4. The van der Waals surface area contributed by atoms with E-state index in [1.165, 1.54) is 0 Å². The number of carboxylic acids is 1. The van der Waals surface area contributed by atoms with Crippen molar-refractivity contribution in [2.24, 2.45) is 7.05 Å². The van der Waals surface area contributed by atoms with Crippen LogP contribution >= 0.6 is 0 Å². The number of rotatable bonds is 6. The molecule has 0 bridgehead atoms. The van der Waals surface area contributed by atoms with Crippen molar-refractivity contribution in [1.82, 2.24) is 19.7 Å². The van der Waals surface area contributed by atoms with Crippen LogP contribution in [-0.4, -0.2) is 56.5 Å². The quantitative estimate of drug-likeness (QED) is 0.822. The van der Waals surface area contributed by atoms with Crippen molar-refractivity contribution in [3.05, 3.63) is 11.6 Å². The van der Waals surface area contributed by atoms with E-state index in [0.717, 1.165) is 44.1 Å². The van der Waals surface area contributed by atoms with Crippen LogP contribution in [0.2, 0.25) is 0 Å². The third kappa shape index (κ3) is 4.01. The molecule has 1 saturated heterocycles. The summed E-state index contributed by atoms with van der Waals surface area (Å²) in [6, 6.07) is 0. The van der Waals surface area contributed by atoms with Gasteiger partial charge in [-0.25, -0.2) is 0 Å². The molecule has 1 aromatic rings. The molecule has 2 heterocycles. The Hall–Kier alpha value is -1.47. The van der Waals surface area contributed by atoms with Crippen LogP contribution in [0.4, 0.5) is 0 Å². The van der Waals surface area contributed by atoms with E-state index in [1.54, 1.807) is 0 Å². The second-order valence-corrected chi connectivity index (χ2v) is 5.21. The molecule has 1 aliphatic rings. The molecule has 112 valence electrons. The summed E-state index contributed by atoms with van der Waals surface area (Å²) < 4.78 is 7.59. The lowest BCUT2D eigenvalue weighted by Crippen LogP contribution is -2.37. The Morgan fingerprint density at radius 3 is 2.65 bits per heavy atom. The number of ether oxygens (including phenoxy) is 1. The van der Waals surface area contributed by atoms with E-state index in [2.05, 4.69) is 15.1 Å². The molecule has 1 aromatic heterocycles. The monoisotopic (exact) mass is 282 g/mol. The zero-order valence-electron chi connectivity index (χ0n) is 12.1. The molecular weight excluding hydrogens is 260 g/mol. The Morgan fingerprint density at radius 1 is 1.40 bits per heavy atom. The van der Waals surface area contributed by atoms with Crippen molar-refractivity contribution in [3.63, 3.8) is 0 Å². The van der Waals surface area contributed by atoms with E-state index >= 15 is 0 Å². The first-order chi connectivity index (χ1) is 9.56. The molecule has 0 spiro atoms. The fourth-order valence-electron chi connectivity index (χ4n) is 2.34. The molecule has 0 radical (unpaired) electrons. The van der Waals surface area contributed by atoms with Crippen LogP contribution in [0, 0.1) is 6.92 Å². The highest BCUT2D eigenvalue weighted by molar-refractivity contribution is 5.66. The number of hydrogen-bond acceptors (Lipinski definition) is 5. The van der Waals surface area contributed by atoms with E-state index in [4.69, 9.17) is 9.84 Å². The van der Waals surface area contributed by atoms with Crippen LogP contribution in [0.15, 0.2) is 0 Å². The first kappa shape index (κ1) is 14.9. The predicted octanol–water partition coefficient (Wildman–Crippen LogP) is 0.579. The van der Waals surface area contributed by atoms with Gasteiger partial charge in [0.1, 0.15) is 11.6 Å². The van der Waals surface area contributed by atoms with Gasteiger partial charge in [-0.1, -0.05) is 0 Å². The summed E-state index contributed by atoms with van der Waals surface area (Å²) in [4.78, 5) is 12.8. The summed E-state index contributed by atoms with van der Waals surface area (Å²) >= 11 is 0. The summed E-state index contributed by atoms with van der Waals surface area (Å²) in [6.07, 6.45) is 2.15. The number of nitrogens with zero attached hydrogens (tertiary/aromatic N) is 4. The minimum Gasteiger partial charge on any atom is -0.481 e.